The lowest BCUT2D eigenvalue weighted by Crippen LogP contribution is -2.60. The quantitative estimate of drug-likeness (QED) is 0.555. The van der Waals surface area contributed by atoms with E-state index in [9.17, 15) is 19.2 Å². The number of carboxylic acids is 1. The fourth-order valence-electron chi connectivity index (χ4n) is 2.24. The van der Waals surface area contributed by atoms with E-state index in [4.69, 9.17) is 5.11 Å². The number of nitrogens with zero attached hydrogens (tertiary/aromatic N) is 1. The number of amides is 2. The van der Waals surface area contributed by atoms with Crippen molar-refractivity contribution in [1.29, 1.82) is 0 Å². The summed E-state index contributed by atoms with van der Waals surface area (Å²) in [7, 11) is 0. The number of Topliss-reactive ketones (excluding diaryl/α,β-unsaturated/α-hetero) is 1. The first-order valence-electron chi connectivity index (χ1n) is 6.75. The molecule has 1 aliphatic rings. The summed E-state index contributed by atoms with van der Waals surface area (Å²) in [5, 5.41) is 14.1. The third kappa shape index (κ3) is 4.82. The van der Waals surface area contributed by atoms with E-state index >= 15 is 0 Å². The summed E-state index contributed by atoms with van der Waals surface area (Å²) in [6.07, 6.45) is 0. The first-order valence-corrected chi connectivity index (χ1v) is 6.75. The Kier molecular flexibility index (Phi) is 5.83. The molecule has 1 rings (SSSR count). The molecule has 0 spiro atoms. The van der Waals surface area contributed by atoms with E-state index in [1.54, 1.807) is 13.8 Å². The Balaban J connectivity index is 2.68. The zero-order valence-electron chi connectivity index (χ0n) is 12.4. The average Bonchev–Trinajstić information content (AvgIpc) is 2.34. The standard InChI is InChI=1S/C13H21N3O5/c1-7(2)12(8(3)17)15-11(19)6-16-5-10(18)14-4-9(16)13(20)21/h7,9,12H,4-6H2,1-3H3,(H,14,18)(H,15,19)(H,20,21). The van der Waals surface area contributed by atoms with Gasteiger partial charge in [0.15, 0.2) is 5.78 Å². The number of nitrogens with one attached hydrogen (secondary N) is 2. The second kappa shape index (κ2) is 7.16. The van der Waals surface area contributed by atoms with E-state index in [-0.39, 0.29) is 37.2 Å². The number of carboxylic acid groups (broad SMARTS) is 1. The van der Waals surface area contributed by atoms with Gasteiger partial charge in [-0.05, 0) is 12.8 Å². The largest absolute Gasteiger partial charge is 0.480 e. The van der Waals surface area contributed by atoms with E-state index in [1.165, 1.54) is 11.8 Å². The van der Waals surface area contributed by atoms with Crippen molar-refractivity contribution in [3.63, 3.8) is 0 Å². The van der Waals surface area contributed by atoms with Crippen molar-refractivity contribution < 1.29 is 24.3 Å². The molecule has 2 unspecified atom stereocenters. The highest BCUT2D eigenvalue weighted by Crippen LogP contribution is 2.06. The molecule has 2 atom stereocenters. The minimum atomic E-state index is -1.10. The summed E-state index contributed by atoms with van der Waals surface area (Å²) in [5.41, 5.74) is 0. The molecule has 0 radical (unpaired) electrons. The smallest absolute Gasteiger partial charge is 0.322 e. The van der Waals surface area contributed by atoms with Gasteiger partial charge in [0.1, 0.15) is 6.04 Å². The monoisotopic (exact) mass is 299 g/mol. The molecule has 0 aromatic rings. The van der Waals surface area contributed by atoms with E-state index in [0.29, 0.717) is 0 Å². The highest BCUT2D eigenvalue weighted by molar-refractivity contribution is 5.89. The van der Waals surface area contributed by atoms with E-state index in [2.05, 4.69) is 10.6 Å². The molecule has 3 N–H and O–H groups in total. The lowest BCUT2D eigenvalue weighted by Gasteiger charge is -2.32. The van der Waals surface area contributed by atoms with Gasteiger partial charge < -0.3 is 15.7 Å². The zero-order chi connectivity index (χ0) is 16.2. The SMILES string of the molecule is CC(=O)C(NC(=O)CN1CC(=O)NCC1C(=O)O)C(C)C. The summed E-state index contributed by atoms with van der Waals surface area (Å²) >= 11 is 0. The van der Waals surface area contributed by atoms with E-state index in [1.807, 2.05) is 0 Å². The Labute approximate surface area is 122 Å². The molecule has 118 valence electrons. The Bertz CT molecular complexity index is 449. The third-order valence-electron chi connectivity index (χ3n) is 3.33. The molecule has 1 heterocycles. The van der Waals surface area contributed by atoms with Gasteiger partial charge in [0.05, 0.1) is 19.1 Å². The van der Waals surface area contributed by atoms with Crippen LogP contribution in [0.2, 0.25) is 0 Å². The van der Waals surface area contributed by atoms with Gasteiger partial charge in [-0.2, -0.15) is 0 Å². The van der Waals surface area contributed by atoms with E-state index in [0.717, 1.165) is 0 Å². The molecule has 0 bridgehead atoms. The molecule has 0 saturated carbocycles. The lowest BCUT2D eigenvalue weighted by molar-refractivity contribution is -0.147. The van der Waals surface area contributed by atoms with Crippen molar-refractivity contribution in [2.45, 2.75) is 32.9 Å². The summed E-state index contributed by atoms with van der Waals surface area (Å²) in [5.74, 6) is -2.12. The van der Waals surface area contributed by atoms with Crippen molar-refractivity contribution >= 4 is 23.6 Å². The van der Waals surface area contributed by atoms with Crippen LogP contribution in [0, 0.1) is 5.92 Å². The molecule has 21 heavy (non-hydrogen) atoms. The van der Waals surface area contributed by atoms with Gasteiger partial charge in [-0.1, -0.05) is 13.8 Å². The van der Waals surface area contributed by atoms with Gasteiger partial charge in [-0.15, -0.1) is 0 Å². The predicted molar refractivity (Wildman–Crippen MR) is 73.5 cm³/mol. The van der Waals surface area contributed by atoms with Gasteiger partial charge in [-0.3, -0.25) is 24.1 Å². The van der Waals surface area contributed by atoms with Gasteiger partial charge in [0, 0.05) is 6.54 Å². The van der Waals surface area contributed by atoms with Gasteiger partial charge in [0.2, 0.25) is 11.8 Å². The summed E-state index contributed by atoms with van der Waals surface area (Å²) < 4.78 is 0. The Morgan fingerprint density at radius 2 is 2.05 bits per heavy atom. The van der Waals surface area contributed by atoms with Gasteiger partial charge >= 0.3 is 5.97 Å². The molecule has 8 nitrogen and oxygen atoms in total. The van der Waals surface area contributed by atoms with Crippen molar-refractivity contribution in [1.82, 2.24) is 15.5 Å². The first kappa shape index (κ1) is 17.1. The lowest BCUT2D eigenvalue weighted by atomic mass is 10.0. The topological polar surface area (TPSA) is 116 Å². The Morgan fingerprint density at radius 3 is 2.52 bits per heavy atom. The number of aliphatic carboxylic acids is 1. The maximum Gasteiger partial charge on any atom is 0.322 e. The highest BCUT2D eigenvalue weighted by Gasteiger charge is 2.33. The van der Waals surface area contributed by atoms with Crippen molar-refractivity contribution in [3.05, 3.63) is 0 Å². The average molecular weight is 299 g/mol. The molecule has 0 aromatic carbocycles. The van der Waals surface area contributed by atoms with Crippen LogP contribution < -0.4 is 10.6 Å². The molecule has 1 fully saturated rings. The van der Waals surface area contributed by atoms with Crippen molar-refractivity contribution in [2.24, 2.45) is 5.92 Å². The fraction of sp³-hybridized carbons (Fsp3) is 0.692. The summed E-state index contributed by atoms with van der Waals surface area (Å²) in [6.45, 7) is 4.57. The van der Waals surface area contributed by atoms with Gasteiger partial charge in [-0.25, -0.2) is 0 Å². The second-order valence-electron chi connectivity index (χ2n) is 5.46. The summed E-state index contributed by atoms with van der Waals surface area (Å²) in [4.78, 5) is 47.2. The minimum Gasteiger partial charge on any atom is -0.480 e. The van der Waals surface area contributed by atoms with E-state index < -0.39 is 24.0 Å². The number of carbonyl (C=O) groups is 4. The van der Waals surface area contributed by atoms with Crippen LogP contribution in [-0.2, 0) is 19.2 Å². The van der Waals surface area contributed by atoms with Crippen LogP contribution in [0.3, 0.4) is 0 Å². The predicted octanol–water partition coefficient (Wildman–Crippen LogP) is -1.40. The maximum atomic E-state index is 12.0. The van der Waals surface area contributed by atoms with Crippen LogP contribution in [0.4, 0.5) is 0 Å². The number of rotatable bonds is 6. The molecular formula is C13H21N3O5. The van der Waals surface area contributed by atoms with Crippen LogP contribution in [0.25, 0.3) is 0 Å². The normalized spacial score (nSPS) is 20.8. The van der Waals surface area contributed by atoms with Crippen LogP contribution in [-0.4, -0.2) is 65.3 Å². The van der Waals surface area contributed by atoms with Crippen LogP contribution >= 0.6 is 0 Å². The minimum absolute atomic E-state index is 0.0399. The van der Waals surface area contributed by atoms with Crippen molar-refractivity contribution in [2.75, 3.05) is 19.6 Å². The molecule has 2 amide bonds. The molecule has 1 saturated heterocycles. The Morgan fingerprint density at radius 1 is 1.43 bits per heavy atom. The van der Waals surface area contributed by atoms with Crippen LogP contribution in [0.5, 0.6) is 0 Å². The van der Waals surface area contributed by atoms with Crippen molar-refractivity contribution in [3.8, 4) is 0 Å². The van der Waals surface area contributed by atoms with Crippen LogP contribution in [0.1, 0.15) is 20.8 Å². The number of carbonyl (C=O) groups excluding carboxylic acids is 3. The molecule has 8 heteroatoms. The number of hydrogen-bond acceptors (Lipinski definition) is 5. The molecule has 0 aliphatic carbocycles. The maximum absolute atomic E-state index is 12.0. The van der Waals surface area contributed by atoms with Gasteiger partial charge in [0.25, 0.3) is 0 Å². The number of piperazine rings is 1. The zero-order valence-corrected chi connectivity index (χ0v) is 12.4. The van der Waals surface area contributed by atoms with Crippen LogP contribution in [0.15, 0.2) is 0 Å². The number of hydrogen-bond donors (Lipinski definition) is 3. The molecule has 1 aliphatic heterocycles. The second-order valence-corrected chi connectivity index (χ2v) is 5.46. The first-order chi connectivity index (χ1) is 9.72. The number of ketones is 1. The third-order valence-corrected chi connectivity index (χ3v) is 3.33. The summed E-state index contributed by atoms with van der Waals surface area (Å²) in [6, 6.07) is -1.55. The highest BCUT2D eigenvalue weighted by atomic mass is 16.4. The Hall–Kier alpha value is -1.96. The molecule has 0 aromatic heterocycles. The molecular weight excluding hydrogens is 278 g/mol. The fourth-order valence-corrected chi connectivity index (χ4v) is 2.24.